The molecular weight excluding hydrogens is 248 g/mol. The molecule has 3 heteroatoms. The monoisotopic (exact) mass is 267 g/mol. The van der Waals surface area contributed by atoms with Crippen molar-refractivity contribution in [1.29, 1.82) is 0 Å². The van der Waals surface area contributed by atoms with Crippen molar-refractivity contribution >= 4 is 17.6 Å². The number of methoxy groups -OCH3 is 1. The average molecular weight is 267 g/mol. The maximum absolute atomic E-state index is 5.38. The summed E-state index contributed by atoms with van der Waals surface area (Å²) in [6, 6.07) is 14.6. The van der Waals surface area contributed by atoms with Gasteiger partial charge in [-0.1, -0.05) is 18.2 Å². The molecule has 3 nitrogen and oxygen atoms in total. The van der Waals surface area contributed by atoms with Crippen molar-refractivity contribution in [3.05, 3.63) is 53.6 Å². The van der Waals surface area contributed by atoms with E-state index < -0.39 is 0 Å². The van der Waals surface area contributed by atoms with E-state index in [0.29, 0.717) is 0 Å². The number of nitrogens with zero attached hydrogens (tertiary/aromatic N) is 2. The van der Waals surface area contributed by atoms with Crippen molar-refractivity contribution < 1.29 is 9.31 Å². The standard InChI is InChI=1S/C17H19N2O/c1-13-9-16(20-3)10-14-11-19(12-18(2)17(13)14)15-7-5-4-6-8-15/h4-11H,12H2,1-3H3/q+1. The van der Waals surface area contributed by atoms with Gasteiger partial charge in [0.2, 0.25) is 12.4 Å². The van der Waals surface area contributed by atoms with E-state index in [1.807, 2.05) is 6.07 Å². The molecule has 0 radical (unpaired) electrons. The SMILES string of the molecule is COc1cc(C)c2c(c1)C=[N+](c1ccccc1)CN2C. The number of anilines is 1. The Morgan fingerprint density at radius 2 is 1.90 bits per heavy atom. The molecule has 20 heavy (non-hydrogen) atoms. The molecule has 0 saturated carbocycles. The largest absolute Gasteiger partial charge is 0.497 e. The Labute approximate surface area is 119 Å². The third kappa shape index (κ3) is 2.16. The molecule has 0 atom stereocenters. The Morgan fingerprint density at radius 3 is 2.60 bits per heavy atom. The number of rotatable bonds is 2. The van der Waals surface area contributed by atoms with Crippen LogP contribution in [0, 0.1) is 6.92 Å². The second-order valence-corrected chi connectivity index (χ2v) is 5.16. The zero-order valence-corrected chi connectivity index (χ0v) is 12.1. The second-order valence-electron chi connectivity index (χ2n) is 5.16. The molecule has 0 fully saturated rings. The molecule has 0 saturated heterocycles. The van der Waals surface area contributed by atoms with E-state index >= 15 is 0 Å². The molecule has 1 heterocycles. The van der Waals surface area contributed by atoms with Gasteiger partial charge in [0.25, 0.3) is 0 Å². The molecule has 0 aliphatic carbocycles. The first kappa shape index (κ1) is 12.7. The van der Waals surface area contributed by atoms with Crippen molar-refractivity contribution in [2.24, 2.45) is 0 Å². The van der Waals surface area contributed by atoms with Gasteiger partial charge in [0.15, 0.2) is 6.21 Å². The van der Waals surface area contributed by atoms with Gasteiger partial charge in [-0.25, -0.2) is 0 Å². The Morgan fingerprint density at radius 1 is 1.15 bits per heavy atom. The first-order valence-corrected chi connectivity index (χ1v) is 6.75. The molecule has 102 valence electrons. The van der Waals surface area contributed by atoms with Crippen LogP contribution in [0.5, 0.6) is 5.75 Å². The van der Waals surface area contributed by atoms with Gasteiger partial charge in [-0.3, -0.25) is 0 Å². The molecule has 0 aromatic heterocycles. The smallest absolute Gasteiger partial charge is 0.224 e. The lowest BCUT2D eigenvalue weighted by Crippen LogP contribution is -2.32. The van der Waals surface area contributed by atoms with Crippen LogP contribution in [0.15, 0.2) is 42.5 Å². The van der Waals surface area contributed by atoms with Gasteiger partial charge in [0.05, 0.1) is 18.4 Å². The van der Waals surface area contributed by atoms with E-state index in [1.165, 1.54) is 22.5 Å². The number of hydrogen-bond acceptors (Lipinski definition) is 2. The highest BCUT2D eigenvalue weighted by Gasteiger charge is 2.23. The van der Waals surface area contributed by atoms with Gasteiger partial charge in [0.1, 0.15) is 5.75 Å². The number of benzene rings is 2. The van der Waals surface area contributed by atoms with Gasteiger partial charge in [-0.2, -0.15) is 4.58 Å². The number of hydrogen-bond donors (Lipinski definition) is 0. The topological polar surface area (TPSA) is 15.5 Å². The zero-order chi connectivity index (χ0) is 14.1. The minimum Gasteiger partial charge on any atom is -0.497 e. The summed E-state index contributed by atoms with van der Waals surface area (Å²) in [6.07, 6.45) is 2.19. The van der Waals surface area contributed by atoms with Gasteiger partial charge in [-0.05, 0) is 24.6 Å². The summed E-state index contributed by atoms with van der Waals surface area (Å²) in [6.45, 7) is 2.98. The van der Waals surface area contributed by atoms with E-state index in [0.717, 1.165) is 12.4 Å². The normalized spacial score (nSPS) is 13.8. The van der Waals surface area contributed by atoms with Crippen LogP contribution in [-0.2, 0) is 0 Å². The molecule has 0 spiro atoms. The molecule has 0 N–H and O–H groups in total. The maximum atomic E-state index is 5.38. The average Bonchev–Trinajstić information content (AvgIpc) is 2.47. The zero-order valence-electron chi connectivity index (χ0n) is 12.1. The lowest BCUT2D eigenvalue weighted by atomic mass is 10.1. The number of ether oxygens (including phenoxy) is 1. The lowest BCUT2D eigenvalue weighted by molar-refractivity contribution is -0.435. The fourth-order valence-electron chi connectivity index (χ4n) is 2.79. The van der Waals surface area contributed by atoms with Gasteiger partial charge >= 0.3 is 0 Å². The van der Waals surface area contributed by atoms with Crippen molar-refractivity contribution in [2.75, 3.05) is 25.7 Å². The highest BCUT2D eigenvalue weighted by Crippen LogP contribution is 2.31. The predicted molar refractivity (Wildman–Crippen MR) is 82.5 cm³/mol. The fraction of sp³-hybridized carbons (Fsp3) is 0.235. The summed E-state index contributed by atoms with van der Waals surface area (Å²) in [5, 5.41) is 0. The van der Waals surface area contributed by atoms with Gasteiger partial charge in [-0.15, -0.1) is 0 Å². The summed E-state index contributed by atoms with van der Waals surface area (Å²) in [7, 11) is 3.84. The van der Waals surface area contributed by atoms with Gasteiger partial charge < -0.3 is 9.64 Å². The van der Waals surface area contributed by atoms with E-state index in [2.05, 4.69) is 66.1 Å². The van der Waals surface area contributed by atoms with Crippen molar-refractivity contribution in [1.82, 2.24) is 0 Å². The third-order valence-corrected chi connectivity index (χ3v) is 3.67. The summed E-state index contributed by atoms with van der Waals surface area (Å²) in [5.41, 5.74) is 4.91. The Hall–Kier alpha value is -2.29. The van der Waals surface area contributed by atoms with Crippen molar-refractivity contribution in [3.8, 4) is 5.75 Å². The highest BCUT2D eigenvalue weighted by molar-refractivity contribution is 5.89. The van der Waals surface area contributed by atoms with Crippen molar-refractivity contribution in [3.63, 3.8) is 0 Å². The Balaban J connectivity index is 2.13. The van der Waals surface area contributed by atoms with Crippen LogP contribution in [-0.4, -0.2) is 31.6 Å². The van der Waals surface area contributed by atoms with Crippen LogP contribution in [0.4, 0.5) is 11.4 Å². The molecule has 1 aliphatic heterocycles. The van der Waals surface area contributed by atoms with Crippen LogP contribution < -0.4 is 9.64 Å². The molecule has 0 bridgehead atoms. The summed E-state index contributed by atoms with van der Waals surface area (Å²) in [4.78, 5) is 2.27. The Kier molecular flexibility index (Phi) is 3.18. The molecular formula is C17H19N2O+. The second kappa shape index (κ2) is 5.00. The first-order chi connectivity index (χ1) is 9.69. The van der Waals surface area contributed by atoms with Gasteiger partial charge in [0, 0.05) is 19.2 Å². The van der Waals surface area contributed by atoms with Crippen LogP contribution in [0.25, 0.3) is 0 Å². The number of aryl methyl sites for hydroxylation is 1. The summed E-state index contributed by atoms with van der Waals surface area (Å²) in [5.74, 6) is 0.904. The lowest BCUT2D eigenvalue weighted by Gasteiger charge is -2.25. The molecule has 3 rings (SSSR count). The minimum absolute atomic E-state index is 0.851. The maximum Gasteiger partial charge on any atom is 0.224 e. The first-order valence-electron chi connectivity index (χ1n) is 6.75. The molecule has 1 aliphatic rings. The minimum atomic E-state index is 0.851. The van der Waals surface area contributed by atoms with E-state index in [1.54, 1.807) is 7.11 Å². The number of para-hydroxylation sites is 1. The highest BCUT2D eigenvalue weighted by atomic mass is 16.5. The molecule has 0 unspecified atom stereocenters. The van der Waals surface area contributed by atoms with Crippen molar-refractivity contribution in [2.45, 2.75) is 6.92 Å². The summed E-state index contributed by atoms with van der Waals surface area (Å²) >= 11 is 0. The quantitative estimate of drug-likeness (QED) is 0.777. The van der Waals surface area contributed by atoms with Crippen LogP contribution >= 0.6 is 0 Å². The van der Waals surface area contributed by atoms with E-state index in [-0.39, 0.29) is 0 Å². The van der Waals surface area contributed by atoms with Crippen LogP contribution in [0.3, 0.4) is 0 Å². The van der Waals surface area contributed by atoms with E-state index in [4.69, 9.17) is 4.74 Å². The molecule has 2 aromatic carbocycles. The van der Waals surface area contributed by atoms with Crippen LogP contribution in [0.1, 0.15) is 11.1 Å². The van der Waals surface area contributed by atoms with Crippen LogP contribution in [0.2, 0.25) is 0 Å². The third-order valence-electron chi connectivity index (χ3n) is 3.67. The number of fused-ring (bicyclic) bond motifs is 1. The van der Waals surface area contributed by atoms with E-state index in [9.17, 15) is 0 Å². The Bertz CT molecular complexity index is 662. The molecule has 2 aromatic rings. The summed E-state index contributed by atoms with van der Waals surface area (Å²) < 4.78 is 7.63. The fourth-order valence-corrected chi connectivity index (χ4v) is 2.79. The predicted octanol–water partition coefficient (Wildman–Crippen LogP) is 3.17. The molecule has 0 amide bonds.